The first kappa shape index (κ1) is 23.5. The van der Waals surface area contributed by atoms with E-state index in [1.165, 1.54) is 30.6 Å². The van der Waals surface area contributed by atoms with Crippen LogP contribution in [0.1, 0.15) is 46.7 Å². The maximum Gasteiger partial charge on any atom is 0.341 e. The van der Waals surface area contributed by atoms with E-state index in [1.807, 2.05) is 47.4 Å². The first-order valence-corrected chi connectivity index (χ1v) is 12.1. The third kappa shape index (κ3) is 5.71. The largest absolute Gasteiger partial charge is 0.465 e. The number of amides is 2. The van der Waals surface area contributed by atoms with E-state index < -0.39 is 5.97 Å². The van der Waals surface area contributed by atoms with Crippen LogP contribution in [0, 0.1) is 0 Å². The molecule has 1 N–H and O–H groups in total. The molecule has 184 valence electrons. The van der Waals surface area contributed by atoms with Crippen LogP contribution < -0.4 is 10.1 Å². The molecule has 36 heavy (non-hydrogen) atoms. The first-order chi connectivity index (χ1) is 17.6. The van der Waals surface area contributed by atoms with E-state index in [1.54, 1.807) is 0 Å². The Kier molecular flexibility index (Phi) is 6.93. The fourth-order valence-electron chi connectivity index (χ4n) is 4.42. The lowest BCUT2D eigenvalue weighted by Gasteiger charge is -2.28. The fourth-order valence-corrected chi connectivity index (χ4v) is 4.42. The SMILES string of the molecule is COC(=O)c1cnc(Oc2cccc(C=C3CCN(C(=O)NC4CC4c4ccccc4)CC3)c2)nc1. The lowest BCUT2D eigenvalue weighted by atomic mass is 10.0. The second-order valence-corrected chi connectivity index (χ2v) is 9.02. The maximum atomic E-state index is 12.7. The van der Waals surface area contributed by atoms with Gasteiger partial charge < -0.3 is 19.7 Å². The fraction of sp³-hybridized carbons (Fsp3) is 0.286. The average Bonchev–Trinajstić information content (AvgIpc) is 3.69. The number of methoxy groups -OCH3 is 1. The number of esters is 1. The number of aromatic nitrogens is 2. The predicted molar refractivity (Wildman–Crippen MR) is 135 cm³/mol. The summed E-state index contributed by atoms with van der Waals surface area (Å²) in [5, 5.41) is 3.19. The summed E-state index contributed by atoms with van der Waals surface area (Å²) in [6.45, 7) is 1.41. The number of nitrogens with one attached hydrogen (secondary N) is 1. The molecule has 8 nitrogen and oxygen atoms in total. The number of carbonyl (C=O) groups excluding carboxylic acids is 2. The molecule has 1 aliphatic carbocycles. The van der Waals surface area contributed by atoms with Crippen molar-refractivity contribution in [2.75, 3.05) is 20.2 Å². The molecule has 2 atom stereocenters. The topological polar surface area (TPSA) is 93.7 Å². The van der Waals surface area contributed by atoms with E-state index in [4.69, 9.17) is 4.74 Å². The number of nitrogens with zero attached hydrogens (tertiary/aromatic N) is 3. The molecule has 2 heterocycles. The molecule has 0 radical (unpaired) electrons. The lowest BCUT2D eigenvalue weighted by molar-refractivity contribution is 0.0599. The Balaban J connectivity index is 1.12. The molecule has 0 spiro atoms. The maximum absolute atomic E-state index is 12.7. The summed E-state index contributed by atoms with van der Waals surface area (Å²) in [6.07, 6.45) is 7.57. The summed E-state index contributed by atoms with van der Waals surface area (Å²) in [4.78, 5) is 34.3. The third-order valence-corrected chi connectivity index (χ3v) is 6.51. The van der Waals surface area contributed by atoms with Crippen molar-refractivity contribution in [2.24, 2.45) is 0 Å². The van der Waals surface area contributed by atoms with Gasteiger partial charge in [-0.05, 0) is 42.5 Å². The van der Waals surface area contributed by atoms with Crippen LogP contribution in [0.3, 0.4) is 0 Å². The summed E-state index contributed by atoms with van der Waals surface area (Å²) >= 11 is 0. The van der Waals surface area contributed by atoms with Crippen LogP contribution in [-0.4, -0.2) is 53.1 Å². The molecule has 1 saturated carbocycles. The van der Waals surface area contributed by atoms with E-state index >= 15 is 0 Å². The van der Waals surface area contributed by atoms with E-state index in [0.717, 1.165) is 24.8 Å². The summed E-state index contributed by atoms with van der Waals surface area (Å²) < 4.78 is 10.4. The summed E-state index contributed by atoms with van der Waals surface area (Å²) in [7, 11) is 1.31. The zero-order chi connectivity index (χ0) is 24.9. The highest BCUT2D eigenvalue weighted by atomic mass is 16.5. The highest BCUT2D eigenvalue weighted by Gasteiger charge is 2.40. The second kappa shape index (κ2) is 10.6. The molecule has 2 aliphatic rings. The highest BCUT2D eigenvalue weighted by molar-refractivity contribution is 5.88. The minimum atomic E-state index is -0.498. The molecular formula is C28H28N4O4. The van der Waals surface area contributed by atoms with Crippen LogP contribution in [0.2, 0.25) is 0 Å². The molecule has 8 heteroatoms. The Morgan fingerprint density at radius 3 is 2.50 bits per heavy atom. The number of urea groups is 1. The number of ether oxygens (including phenoxy) is 2. The number of hydrogen-bond acceptors (Lipinski definition) is 6. The van der Waals surface area contributed by atoms with Gasteiger partial charge in [0.05, 0.1) is 12.7 Å². The minimum absolute atomic E-state index is 0.0334. The highest BCUT2D eigenvalue weighted by Crippen LogP contribution is 2.40. The standard InChI is InChI=1S/C28H28N4O4/c1-35-26(33)22-17-29-27(30-18-22)36-23-9-5-6-20(15-23)14-19-10-12-32(13-11-19)28(34)31-25-16-24(25)21-7-3-2-4-8-21/h2-9,14-15,17-18,24-25H,10-13,16H2,1H3,(H,31,34). The van der Waals surface area contributed by atoms with Crippen LogP contribution in [0.15, 0.2) is 72.6 Å². The van der Waals surface area contributed by atoms with Crippen molar-refractivity contribution in [3.63, 3.8) is 0 Å². The second-order valence-electron chi connectivity index (χ2n) is 9.02. The van der Waals surface area contributed by atoms with Gasteiger partial charge in [-0.25, -0.2) is 19.6 Å². The molecule has 2 aromatic carbocycles. The molecule has 1 aromatic heterocycles. The van der Waals surface area contributed by atoms with Crippen molar-refractivity contribution < 1.29 is 19.1 Å². The van der Waals surface area contributed by atoms with Gasteiger partial charge in [0.25, 0.3) is 0 Å². The number of piperidine rings is 1. The molecule has 2 unspecified atom stereocenters. The Hall–Kier alpha value is -4.20. The van der Waals surface area contributed by atoms with E-state index in [0.29, 0.717) is 24.8 Å². The van der Waals surface area contributed by atoms with Gasteiger partial charge in [0.2, 0.25) is 0 Å². The van der Waals surface area contributed by atoms with Gasteiger partial charge in [-0.3, -0.25) is 0 Å². The Bertz CT molecular complexity index is 1250. The Labute approximate surface area is 210 Å². The van der Waals surface area contributed by atoms with E-state index in [-0.39, 0.29) is 23.6 Å². The van der Waals surface area contributed by atoms with Crippen LogP contribution in [0.25, 0.3) is 6.08 Å². The van der Waals surface area contributed by atoms with Gasteiger partial charge in [0, 0.05) is 37.4 Å². The molecule has 0 bridgehead atoms. The van der Waals surface area contributed by atoms with Gasteiger partial charge in [-0.1, -0.05) is 54.1 Å². The van der Waals surface area contributed by atoms with Gasteiger partial charge in [-0.15, -0.1) is 0 Å². The zero-order valence-corrected chi connectivity index (χ0v) is 20.1. The van der Waals surface area contributed by atoms with Crippen molar-refractivity contribution in [1.82, 2.24) is 20.2 Å². The normalized spacial score (nSPS) is 18.8. The predicted octanol–water partition coefficient (Wildman–Crippen LogP) is 4.80. The summed E-state index contributed by atoms with van der Waals surface area (Å²) in [5.74, 6) is 0.535. The molecule has 5 rings (SSSR count). The zero-order valence-electron chi connectivity index (χ0n) is 20.1. The van der Waals surface area contributed by atoms with Gasteiger partial charge in [0.15, 0.2) is 0 Å². The Morgan fingerprint density at radius 2 is 1.78 bits per heavy atom. The van der Waals surface area contributed by atoms with Gasteiger partial charge in [-0.2, -0.15) is 0 Å². The number of benzene rings is 2. The number of rotatable bonds is 6. The molecule has 3 aromatic rings. The van der Waals surface area contributed by atoms with Crippen molar-refractivity contribution >= 4 is 18.1 Å². The van der Waals surface area contributed by atoms with Gasteiger partial charge in [0.1, 0.15) is 5.75 Å². The molecule has 1 saturated heterocycles. The summed E-state index contributed by atoms with van der Waals surface area (Å²) in [5.41, 5.74) is 3.86. The van der Waals surface area contributed by atoms with Crippen molar-refractivity contribution in [1.29, 1.82) is 0 Å². The smallest absolute Gasteiger partial charge is 0.341 e. The minimum Gasteiger partial charge on any atom is -0.465 e. The van der Waals surface area contributed by atoms with Crippen molar-refractivity contribution in [2.45, 2.75) is 31.2 Å². The molecule has 1 aliphatic heterocycles. The molecular weight excluding hydrogens is 456 g/mol. The van der Waals surface area contributed by atoms with E-state index in [9.17, 15) is 9.59 Å². The third-order valence-electron chi connectivity index (χ3n) is 6.51. The van der Waals surface area contributed by atoms with Crippen LogP contribution in [0.5, 0.6) is 11.8 Å². The number of hydrogen-bond donors (Lipinski definition) is 1. The first-order valence-electron chi connectivity index (χ1n) is 12.1. The summed E-state index contributed by atoms with van der Waals surface area (Å²) in [6, 6.07) is 18.4. The van der Waals surface area contributed by atoms with Crippen LogP contribution in [0.4, 0.5) is 4.79 Å². The van der Waals surface area contributed by atoms with Crippen molar-refractivity contribution in [3.05, 3.63) is 89.3 Å². The average molecular weight is 485 g/mol. The molecule has 2 amide bonds. The van der Waals surface area contributed by atoms with Crippen molar-refractivity contribution in [3.8, 4) is 11.8 Å². The lowest BCUT2D eigenvalue weighted by Crippen LogP contribution is -2.44. The molecule has 2 fully saturated rings. The van der Waals surface area contributed by atoms with Crippen LogP contribution >= 0.6 is 0 Å². The Morgan fingerprint density at radius 1 is 1.03 bits per heavy atom. The monoisotopic (exact) mass is 484 g/mol. The number of likely N-dealkylation sites (tertiary alicyclic amines) is 1. The van der Waals surface area contributed by atoms with E-state index in [2.05, 4.69) is 38.2 Å². The van der Waals surface area contributed by atoms with Crippen LogP contribution in [-0.2, 0) is 4.74 Å². The van der Waals surface area contributed by atoms with Gasteiger partial charge >= 0.3 is 18.0 Å². The quantitative estimate of drug-likeness (QED) is 0.505. The number of carbonyl (C=O) groups is 2.